The predicted molar refractivity (Wildman–Crippen MR) is 91.3 cm³/mol. The number of nitrogens with zero attached hydrogens (tertiary/aromatic N) is 2. The van der Waals surface area contributed by atoms with Gasteiger partial charge >= 0.3 is 0 Å². The summed E-state index contributed by atoms with van der Waals surface area (Å²) < 4.78 is 5.31. The van der Waals surface area contributed by atoms with Gasteiger partial charge in [0.1, 0.15) is 23.2 Å². The number of nitrogens with one attached hydrogen (secondary N) is 2. The smallest absolute Gasteiger partial charge is 0.132 e. The lowest BCUT2D eigenvalue weighted by Crippen LogP contribution is -2.07. The Morgan fingerprint density at radius 2 is 1.65 bits per heavy atom. The van der Waals surface area contributed by atoms with E-state index >= 15 is 0 Å². The highest BCUT2D eigenvalue weighted by molar-refractivity contribution is 5.48. The lowest BCUT2D eigenvalue weighted by atomic mass is 10.1. The van der Waals surface area contributed by atoms with Gasteiger partial charge < -0.3 is 15.1 Å². The normalized spacial score (nSPS) is 10.5. The van der Waals surface area contributed by atoms with Gasteiger partial charge in [-0.2, -0.15) is 0 Å². The van der Waals surface area contributed by atoms with Gasteiger partial charge in [-0.25, -0.2) is 9.97 Å². The number of aryl methyl sites for hydroxylation is 2. The average molecular weight is 308 g/mol. The van der Waals surface area contributed by atoms with Crippen LogP contribution in [0, 0.1) is 13.8 Å². The van der Waals surface area contributed by atoms with Crippen molar-refractivity contribution in [2.45, 2.75) is 26.9 Å². The largest absolute Gasteiger partial charge is 0.467 e. The van der Waals surface area contributed by atoms with E-state index in [9.17, 15) is 0 Å². The molecule has 1 aromatic carbocycles. The molecule has 0 aliphatic carbocycles. The zero-order valence-corrected chi connectivity index (χ0v) is 13.3. The Morgan fingerprint density at radius 1 is 0.913 bits per heavy atom. The van der Waals surface area contributed by atoms with Gasteiger partial charge in [0.2, 0.25) is 0 Å². The summed E-state index contributed by atoms with van der Waals surface area (Å²) in [6, 6.07) is 14.0. The SMILES string of the molecule is Cc1nc(NCc2ccco2)cc(NCc2ccccc2C)n1. The summed E-state index contributed by atoms with van der Waals surface area (Å²) in [5, 5.41) is 6.61. The summed E-state index contributed by atoms with van der Waals surface area (Å²) in [7, 11) is 0. The van der Waals surface area contributed by atoms with E-state index in [0.717, 1.165) is 29.8 Å². The second kappa shape index (κ2) is 6.96. The van der Waals surface area contributed by atoms with Crippen LogP contribution in [0.3, 0.4) is 0 Å². The molecular formula is C18H20N4O. The molecule has 2 heterocycles. The van der Waals surface area contributed by atoms with Gasteiger partial charge in [-0.15, -0.1) is 0 Å². The van der Waals surface area contributed by atoms with E-state index in [2.05, 4.69) is 39.7 Å². The van der Waals surface area contributed by atoms with Crippen LogP contribution in [0.5, 0.6) is 0 Å². The number of aromatic nitrogens is 2. The number of furan rings is 1. The minimum atomic E-state index is 0.598. The zero-order valence-electron chi connectivity index (χ0n) is 13.3. The van der Waals surface area contributed by atoms with Crippen molar-refractivity contribution in [2.75, 3.05) is 10.6 Å². The molecule has 5 heteroatoms. The monoisotopic (exact) mass is 308 g/mol. The van der Waals surface area contributed by atoms with Crippen molar-refractivity contribution >= 4 is 11.6 Å². The molecule has 118 valence electrons. The highest BCUT2D eigenvalue weighted by atomic mass is 16.3. The van der Waals surface area contributed by atoms with E-state index in [1.54, 1.807) is 6.26 Å². The second-order valence-electron chi connectivity index (χ2n) is 5.40. The van der Waals surface area contributed by atoms with Gasteiger partial charge in [0.15, 0.2) is 0 Å². The molecule has 3 aromatic rings. The molecule has 0 fully saturated rings. The Balaban J connectivity index is 1.66. The first-order valence-corrected chi connectivity index (χ1v) is 7.61. The maximum atomic E-state index is 5.31. The van der Waals surface area contributed by atoms with Gasteiger partial charge in [0.25, 0.3) is 0 Å². The van der Waals surface area contributed by atoms with Crippen LogP contribution in [0.2, 0.25) is 0 Å². The number of rotatable bonds is 6. The molecular weight excluding hydrogens is 288 g/mol. The van der Waals surface area contributed by atoms with Crippen molar-refractivity contribution < 1.29 is 4.42 Å². The first-order valence-electron chi connectivity index (χ1n) is 7.61. The summed E-state index contributed by atoms with van der Waals surface area (Å²) in [6.07, 6.45) is 1.66. The Hall–Kier alpha value is -2.82. The number of anilines is 2. The highest BCUT2D eigenvalue weighted by Crippen LogP contribution is 2.15. The Labute approximate surface area is 135 Å². The third-order valence-corrected chi connectivity index (χ3v) is 3.58. The van der Waals surface area contributed by atoms with Gasteiger partial charge in [-0.1, -0.05) is 24.3 Å². The maximum Gasteiger partial charge on any atom is 0.132 e. The molecule has 0 radical (unpaired) electrons. The number of benzene rings is 1. The molecule has 0 atom stereocenters. The fourth-order valence-electron chi connectivity index (χ4n) is 2.33. The molecule has 0 bridgehead atoms. The molecule has 0 aliphatic rings. The van der Waals surface area contributed by atoms with Crippen molar-refractivity contribution in [3.63, 3.8) is 0 Å². The molecule has 2 aromatic heterocycles. The third kappa shape index (κ3) is 4.10. The van der Waals surface area contributed by atoms with E-state index in [1.165, 1.54) is 11.1 Å². The minimum absolute atomic E-state index is 0.598. The molecule has 0 unspecified atom stereocenters. The fraction of sp³-hybridized carbons (Fsp3) is 0.222. The minimum Gasteiger partial charge on any atom is -0.467 e. The Kier molecular flexibility index (Phi) is 4.57. The molecule has 2 N–H and O–H groups in total. The number of hydrogen-bond donors (Lipinski definition) is 2. The van der Waals surface area contributed by atoms with Crippen molar-refractivity contribution in [3.8, 4) is 0 Å². The predicted octanol–water partition coefficient (Wildman–Crippen LogP) is 3.91. The Morgan fingerprint density at radius 3 is 2.35 bits per heavy atom. The second-order valence-corrected chi connectivity index (χ2v) is 5.40. The van der Waals surface area contributed by atoms with Crippen LogP contribution in [0.25, 0.3) is 0 Å². The standard InChI is InChI=1S/C18H20N4O/c1-13-6-3-4-7-15(13)11-19-17-10-18(22-14(2)21-17)20-12-16-8-5-9-23-16/h3-10H,11-12H2,1-2H3,(H2,19,20,21,22). The van der Waals surface area contributed by atoms with Crippen LogP contribution in [-0.2, 0) is 13.1 Å². The first kappa shape index (κ1) is 15.1. The number of hydrogen-bond acceptors (Lipinski definition) is 5. The van der Waals surface area contributed by atoms with Crippen molar-refractivity contribution in [1.82, 2.24) is 9.97 Å². The lowest BCUT2D eigenvalue weighted by Gasteiger charge is -2.11. The Bertz CT molecular complexity index is 768. The van der Waals surface area contributed by atoms with E-state index in [0.29, 0.717) is 6.54 Å². The van der Waals surface area contributed by atoms with E-state index in [1.807, 2.05) is 37.3 Å². The summed E-state index contributed by atoms with van der Waals surface area (Å²) in [6.45, 7) is 5.33. The topological polar surface area (TPSA) is 63.0 Å². The average Bonchev–Trinajstić information content (AvgIpc) is 3.05. The van der Waals surface area contributed by atoms with E-state index in [4.69, 9.17) is 4.42 Å². The molecule has 0 saturated heterocycles. The molecule has 5 nitrogen and oxygen atoms in total. The van der Waals surface area contributed by atoms with Crippen LogP contribution in [-0.4, -0.2) is 9.97 Å². The van der Waals surface area contributed by atoms with Crippen LogP contribution in [0.1, 0.15) is 22.7 Å². The van der Waals surface area contributed by atoms with E-state index in [-0.39, 0.29) is 0 Å². The van der Waals surface area contributed by atoms with Crippen molar-refractivity contribution in [2.24, 2.45) is 0 Å². The molecule has 23 heavy (non-hydrogen) atoms. The van der Waals surface area contributed by atoms with Gasteiger partial charge in [-0.3, -0.25) is 0 Å². The summed E-state index contributed by atoms with van der Waals surface area (Å²) in [5.41, 5.74) is 2.52. The van der Waals surface area contributed by atoms with Crippen LogP contribution >= 0.6 is 0 Å². The molecule has 0 amide bonds. The van der Waals surface area contributed by atoms with Crippen LogP contribution < -0.4 is 10.6 Å². The zero-order chi connectivity index (χ0) is 16.1. The van der Waals surface area contributed by atoms with Gasteiger partial charge in [0.05, 0.1) is 12.8 Å². The summed E-state index contributed by atoms with van der Waals surface area (Å²) in [5.74, 6) is 3.18. The van der Waals surface area contributed by atoms with Crippen LogP contribution in [0.4, 0.5) is 11.6 Å². The quantitative estimate of drug-likeness (QED) is 0.723. The van der Waals surface area contributed by atoms with E-state index < -0.39 is 0 Å². The fourth-order valence-corrected chi connectivity index (χ4v) is 2.33. The highest BCUT2D eigenvalue weighted by Gasteiger charge is 2.04. The van der Waals surface area contributed by atoms with Crippen LogP contribution in [0.15, 0.2) is 53.1 Å². The summed E-state index contributed by atoms with van der Waals surface area (Å²) in [4.78, 5) is 8.84. The molecule has 0 spiro atoms. The summed E-state index contributed by atoms with van der Waals surface area (Å²) >= 11 is 0. The first-order chi connectivity index (χ1) is 11.2. The lowest BCUT2D eigenvalue weighted by molar-refractivity contribution is 0.518. The third-order valence-electron chi connectivity index (χ3n) is 3.58. The molecule has 0 saturated carbocycles. The van der Waals surface area contributed by atoms with Gasteiger partial charge in [-0.05, 0) is 37.1 Å². The van der Waals surface area contributed by atoms with Crippen molar-refractivity contribution in [1.29, 1.82) is 0 Å². The molecule has 3 rings (SSSR count). The van der Waals surface area contributed by atoms with Gasteiger partial charge in [0, 0.05) is 12.6 Å². The van der Waals surface area contributed by atoms with Crippen molar-refractivity contribution in [3.05, 3.63) is 71.4 Å². The maximum absolute atomic E-state index is 5.31. The molecule has 0 aliphatic heterocycles.